The Morgan fingerprint density at radius 1 is 0.850 bits per heavy atom. The maximum atomic E-state index is 10.7. The summed E-state index contributed by atoms with van der Waals surface area (Å²) in [6.45, 7) is 0. The van der Waals surface area contributed by atoms with Gasteiger partial charge in [-0.1, -0.05) is 24.3 Å². The molecule has 0 saturated heterocycles. The molecule has 0 aliphatic rings. The zero-order valence-corrected chi connectivity index (χ0v) is 10.5. The van der Waals surface area contributed by atoms with Gasteiger partial charge in [-0.25, -0.2) is 0 Å². The van der Waals surface area contributed by atoms with Crippen molar-refractivity contribution in [3.05, 3.63) is 77.0 Å². The zero-order chi connectivity index (χ0) is 13.9. The molecule has 3 aromatic rings. The van der Waals surface area contributed by atoms with E-state index in [9.17, 15) is 10.1 Å². The Balaban J connectivity index is 2.08. The molecule has 1 heterocycles. The Hall–Kier alpha value is -2.88. The maximum absolute atomic E-state index is 10.7. The maximum Gasteiger partial charge on any atom is 0.269 e. The summed E-state index contributed by atoms with van der Waals surface area (Å²) in [4.78, 5) is 10.3. The summed E-state index contributed by atoms with van der Waals surface area (Å²) < 4.78 is 5.44. The van der Waals surface area contributed by atoms with E-state index in [1.165, 1.54) is 12.1 Å². The van der Waals surface area contributed by atoms with E-state index in [4.69, 9.17) is 4.42 Å². The van der Waals surface area contributed by atoms with Crippen molar-refractivity contribution in [2.24, 2.45) is 0 Å². The molecule has 0 bridgehead atoms. The third-order valence-corrected chi connectivity index (χ3v) is 3.10. The van der Waals surface area contributed by atoms with E-state index < -0.39 is 4.92 Å². The molecule has 0 fully saturated rings. The minimum absolute atomic E-state index is 0.0872. The second kappa shape index (κ2) is 5.01. The van der Waals surface area contributed by atoms with E-state index in [0.717, 1.165) is 22.5 Å². The summed E-state index contributed by atoms with van der Waals surface area (Å²) in [5, 5.41) is 10.7. The van der Waals surface area contributed by atoms with Gasteiger partial charge in [0.2, 0.25) is 0 Å². The first-order valence-electron chi connectivity index (χ1n) is 6.13. The van der Waals surface area contributed by atoms with Crippen molar-refractivity contribution in [1.29, 1.82) is 0 Å². The molecule has 4 nitrogen and oxygen atoms in total. The summed E-state index contributed by atoms with van der Waals surface area (Å²) >= 11 is 0. The van der Waals surface area contributed by atoms with Crippen molar-refractivity contribution in [2.75, 3.05) is 0 Å². The van der Waals surface area contributed by atoms with Gasteiger partial charge in [0.15, 0.2) is 0 Å². The summed E-state index contributed by atoms with van der Waals surface area (Å²) in [6, 6.07) is 18.1. The van der Waals surface area contributed by atoms with Crippen LogP contribution < -0.4 is 0 Å². The molecular weight excluding hydrogens is 254 g/mol. The number of non-ortho nitro benzene ring substituents is 1. The molecule has 0 atom stereocenters. The highest BCUT2D eigenvalue weighted by atomic mass is 16.6. The van der Waals surface area contributed by atoms with Gasteiger partial charge < -0.3 is 4.42 Å². The molecule has 0 N–H and O–H groups in total. The molecule has 0 unspecified atom stereocenters. The van der Waals surface area contributed by atoms with Gasteiger partial charge >= 0.3 is 0 Å². The lowest BCUT2D eigenvalue weighted by molar-refractivity contribution is -0.384. The van der Waals surface area contributed by atoms with Crippen molar-refractivity contribution in [3.63, 3.8) is 0 Å². The van der Waals surface area contributed by atoms with E-state index in [1.807, 2.05) is 36.4 Å². The van der Waals surface area contributed by atoms with Gasteiger partial charge in [-0.2, -0.15) is 0 Å². The van der Waals surface area contributed by atoms with Crippen molar-refractivity contribution >= 4 is 5.69 Å². The van der Waals surface area contributed by atoms with Crippen LogP contribution in [0.1, 0.15) is 0 Å². The lowest BCUT2D eigenvalue weighted by Gasteiger charge is -2.07. The molecule has 0 radical (unpaired) electrons. The molecule has 0 aliphatic carbocycles. The smallest absolute Gasteiger partial charge is 0.269 e. The van der Waals surface area contributed by atoms with Gasteiger partial charge in [0.1, 0.15) is 5.76 Å². The monoisotopic (exact) mass is 265 g/mol. The predicted molar refractivity (Wildman–Crippen MR) is 76.2 cm³/mol. The lowest BCUT2D eigenvalue weighted by atomic mass is 9.98. The van der Waals surface area contributed by atoms with Crippen molar-refractivity contribution in [3.8, 4) is 22.5 Å². The van der Waals surface area contributed by atoms with Gasteiger partial charge in [0, 0.05) is 17.7 Å². The Labute approximate surface area is 115 Å². The first-order chi connectivity index (χ1) is 9.75. The summed E-state index contributed by atoms with van der Waals surface area (Å²) in [7, 11) is 0. The zero-order valence-electron chi connectivity index (χ0n) is 10.5. The topological polar surface area (TPSA) is 56.3 Å². The van der Waals surface area contributed by atoms with Crippen LogP contribution in [-0.4, -0.2) is 4.92 Å². The number of hydrogen-bond acceptors (Lipinski definition) is 3. The van der Waals surface area contributed by atoms with Gasteiger partial charge in [-0.05, 0) is 35.4 Å². The minimum atomic E-state index is -0.401. The molecule has 2 aromatic carbocycles. The number of nitro groups is 1. The van der Waals surface area contributed by atoms with Crippen LogP contribution in [0.4, 0.5) is 5.69 Å². The highest BCUT2D eigenvalue weighted by Crippen LogP contribution is 2.32. The molecule has 98 valence electrons. The molecule has 0 spiro atoms. The Bertz CT molecular complexity index is 731. The second-order valence-corrected chi connectivity index (χ2v) is 4.33. The van der Waals surface area contributed by atoms with E-state index in [1.54, 1.807) is 18.4 Å². The number of nitro benzene ring substituents is 1. The molecule has 0 amide bonds. The largest absolute Gasteiger partial charge is 0.464 e. The third-order valence-electron chi connectivity index (χ3n) is 3.10. The van der Waals surface area contributed by atoms with Gasteiger partial charge in [-0.3, -0.25) is 10.1 Å². The van der Waals surface area contributed by atoms with Crippen LogP contribution in [0, 0.1) is 10.1 Å². The van der Waals surface area contributed by atoms with Gasteiger partial charge in [0.25, 0.3) is 5.69 Å². The van der Waals surface area contributed by atoms with E-state index in [2.05, 4.69) is 0 Å². The average Bonchev–Trinajstić information content (AvgIpc) is 3.01. The van der Waals surface area contributed by atoms with Crippen LogP contribution in [0.15, 0.2) is 71.3 Å². The fourth-order valence-corrected chi connectivity index (χ4v) is 2.14. The second-order valence-electron chi connectivity index (χ2n) is 4.33. The van der Waals surface area contributed by atoms with Crippen molar-refractivity contribution in [1.82, 2.24) is 0 Å². The standard InChI is InChI=1S/C16H11NO3/c18-17(19)13-9-7-12(8-10-13)14-4-1-2-5-15(14)16-6-3-11-20-16/h1-11H. The molecule has 4 heteroatoms. The van der Waals surface area contributed by atoms with E-state index >= 15 is 0 Å². The Morgan fingerprint density at radius 3 is 2.15 bits per heavy atom. The number of rotatable bonds is 3. The minimum Gasteiger partial charge on any atom is -0.464 e. The number of nitrogens with zero attached hydrogens (tertiary/aromatic N) is 1. The van der Waals surface area contributed by atoms with Crippen LogP contribution in [0.5, 0.6) is 0 Å². The van der Waals surface area contributed by atoms with Crippen molar-refractivity contribution < 1.29 is 9.34 Å². The van der Waals surface area contributed by atoms with Crippen molar-refractivity contribution in [2.45, 2.75) is 0 Å². The molecular formula is C16H11NO3. The fraction of sp³-hybridized carbons (Fsp3) is 0. The van der Waals surface area contributed by atoms with E-state index in [0.29, 0.717) is 0 Å². The van der Waals surface area contributed by atoms with Gasteiger partial charge in [0.05, 0.1) is 11.2 Å². The van der Waals surface area contributed by atoms with Gasteiger partial charge in [-0.15, -0.1) is 0 Å². The molecule has 3 rings (SSSR count). The molecule has 20 heavy (non-hydrogen) atoms. The summed E-state index contributed by atoms with van der Waals surface area (Å²) in [5.41, 5.74) is 2.95. The van der Waals surface area contributed by atoms with Crippen LogP contribution in [0.2, 0.25) is 0 Å². The van der Waals surface area contributed by atoms with E-state index in [-0.39, 0.29) is 5.69 Å². The number of hydrogen-bond donors (Lipinski definition) is 0. The first kappa shape index (κ1) is 12.2. The highest BCUT2D eigenvalue weighted by molar-refractivity contribution is 5.81. The number of furan rings is 1. The average molecular weight is 265 g/mol. The molecule has 0 aliphatic heterocycles. The summed E-state index contributed by atoms with van der Waals surface area (Å²) in [6.07, 6.45) is 1.63. The fourth-order valence-electron chi connectivity index (χ4n) is 2.14. The van der Waals surface area contributed by atoms with Crippen LogP contribution in [0.25, 0.3) is 22.5 Å². The molecule has 1 aromatic heterocycles. The van der Waals surface area contributed by atoms with Crippen LogP contribution in [-0.2, 0) is 0 Å². The Kier molecular flexibility index (Phi) is 3.05. The molecule has 0 saturated carbocycles. The highest BCUT2D eigenvalue weighted by Gasteiger charge is 2.10. The van der Waals surface area contributed by atoms with Crippen LogP contribution >= 0.6 is 0 Å². The predicted octanol–water partition coefficient (Wildman–Crippen LogP) is 4.52. The third kappa shape index (κ3) is 2.19. The normalized spacial score (nSPS) is 10.4. The first-order valence-corrected chi connectivity index (χ1v) is 6.13. The number of benzene rings is 2. The lowest BCUT2D eigenvalue weighted by Crippen LogP contribution is -1.88. The van der Waals surface area contributed by atoms with Crippen LogP contribution in [0.3, 0.4) is 0 Å². The SMILES string of the molecule is O=[N+]([O-])c1ccc(-c2ccccc2-c2ccco2)cc1. The summed E-state index contributed by atoms with van der Waals surface area (Å²) in [5.74, 6) is 0.777. The quantitative estimate of drug-likeness (QED) is 0.516. The Morgan fingerprint density at radius 2 is 1.55 bits per heavy atom.